The Morgan fingerprint density at radius 3 is 2.65 bits per heavy atom. The van der Waals surface area contributed by atoms with Crippen LogP contribution in [0.5, 0.6) is 5.75 Å². The van der Waals surface area contributed by atoms with Crippen molar-refractivity contribution in [2.24, 2.45) is 0 Å². The number of carbonyl (C=O) groups excluding carboxylic acids is 1. The summed E-state index contributed by atoms with van der Waals surface area (Å²) < 4.78 is 0. The summed E-state index contributed by atoms with van der Waals surface area (Å²) in [5.41, 5.74) is 1.26. The summed E-state index contributed by atoms with van der Waals surface area (Å²) in [7, 11) is 0. The maximum absolute atomic E-state index is 12.4. The number of aromatic hydroxyl groups is 1. The summed E-state index contributed by atoms with van der Waals surface area (Å²) in [5.74, 6) is -2.08. The van der Waals surface area contributed by atoms with Gasteiger partial charge in [-0.3, -0.25) is 4.79 Å². The van der Waals surface area contributed by atoms with Gasteiger partial charge in [0.1, 0.15) is 11.3 Å². The van der Waals surface area contributed by atoms with Crippen LogP contribution in [0.3, 0.4) is 0 Å². The third-order valence-electron chi connectivity index (χ3n) is 4.11. The number of nitrogens with one attached hydrogen (secondary N) is 1. The lowest BCUT2D eigenvalue weighted by atomic mass is 9.95. The first-order valence-corrected chi connectivity index (χ1v) is 7.19. The van der Waals surface area contributed by atoms with E-state index in [1.165, 1.54) is 18.3 Å². The van der Waals surface area contributed by atoms with Gasteiger partial charge >= 0.3 is 5.97 Å². The number of carboxylic acid groups (broad SMARTS) is 1. The first-order chi connectivity index (χ1) is 10.9. The van der Waals surface area contributed by atoms with E-state index >= 15 is 0 Å². The SMILES string of the molecule is Cc1ccc2c(c1)CC(NC(=O)c1ncccc1O)(C(=O)O)C2. The van der Waals surface area contributed by atoms with Crippen LogP contribution < -0.4 is 5.32 Å². The highest BCUT2D eigenvalue weighted by Gasteiger charge is 2.45. The number of aliphatic carboxylic acids is 1. The molecule has 0 saturated heterocycles. The topological polar surface area (TPSA) is 99.5 Å². The number of aryl methyl sites for hydroxylation is 1. The monoisotopic (exact) mass is 312 g/mol. The predicted octanol–water partition coefficient (Wildman–Crippen LogP) is 1.45. The van der Waals surface area contributed by atoms with Crippen LogP contribution in [0.2, 0.25) is 0 Å². The van der Waals surface area contributed by atoms with Gasteiger partial charge in [-0.2, -0.15) is 0 Å². The highest BCUT2D eigenvalue weighted by atomic mass is 16.4. The lowest BCUT2D eigenvalue weighted by Crippen LogP contribution is -2.55. The summed E-state index contributed by atoms with van der Waals surface area (Å²) in [5, 5.41) is 21.9. The molecule has 1 atom stereocenters. The fourth-order valence-corrected chi connectivity index (χ4v) is 2.95. The number of hydrogen-bond acceptors (Lipinski definition) is 4. The number of benzene rings is 1. The van der Waals surface area contributed by atoms with Crippen molar-refractivity contribution in [1.29, 1.82) is 0 Å². The Kier molecular flexibility index (Phi) is 3.52. The number of carbonyl (C=O) groups is 2. The first kappa shape index (κ1) is 15.0. The second-order valence-corrected chi connectivity index (χ2v) is 5.84. The minimum Gasteiger partial charge on any atom is -0.505 e. The van der Waals surface area contributed by atoms with Crippen LogP contribution in [-0.2, 0) is 17.6 Å². The quantitative estimate of drug-likeness (QED) is 0.796. The van der Waals surface area contributed by atoms with Crippen LogP contribution in [0.15, 0.2) is 36.5 Å². The van der Waals surface area contributed by atoms with Crippen LogP contribution in [0, 0.1) is 6.92 Å². The molecule has 1 amide bonds. The van der Waals surface area contributed by atoms with Crippen LogP contribution in [0.1, 0.15) is 27.2 Å². The standard InChI is InChI=1S/C17H16N2O4/c1-10-4-5-11-8-17(16(22)23,9-12(11)7-10)19-15(21)14-13(20)3-2-6-18-14/h2-7,20H,8-9H2,1H3,(H,19,21)(H,22,23). The van der Waals surface area contributed by atoms with Crippen molar-refractivity contribution < 1.29 is 19.8 Å². The Morgan fingerprint density at radius 1 is 1.22 bits per heavy atom. The number of amides is 1. The molecule has 0 bridgehead atoms. The Bertz CT molecular complexity index is 803. The van der Waals surface area contributed by atoms with Gasteiger partial charge < -0.3 is 15.5 Å². The molecule has 1 unspecified atom stereocenters. The molecule has 1 aromatic heterocycles. The zero-order valence-electron chi connectivity index (χ0n) is 12.5. The molecule has 1 aromatic carbocycles. The number of rotatable bonds is 3. The van der Waals surface area contributed by atoms with Gasteiger partial charge in [0.2, 0.25) is 0 Å². The van der Waals surface area contributed by atoms with Crippen LogP contribution in [0.4, 0.5) is 0 Å². The van der Waals surface area contributed by atoms with E-state index in [1.54, 1.807) is 0 Å². The van der Waals surface area contributed by atoms with E-state index in [0.717, 1.165) is 16.7 Å². The Hall–Kier alpha value is -2.89. The van der Waals surface area contributed by atoms with Gasteiger partial charge in [0.05, 0.1) is 0 Å². The first-order valence-electron chi connectivity index (χ1n) is 7.19. The van der Waals surface area contributed by atoms with Crippen molar-refractivity contribution in [3.63, 3.8) is 0 Å². The molecule has 0 aliphatic heterocycles. The van der Waals surface area contributed by atoms with Gasteiger partial charge in [0, 0.05) is 19.0 Å². The molecule has 0 fully saturated rings. The molecule has 1 heterocycles. The molecule has 1 aliphatic rings. The summed E-state index contributed by atoms with van der Waals surface area (Å²) in [6.07, 6.45) is 1.78. The lowest BCUT2D eigenvalue weighted by Gasteiger charge is -2.25. The maximum atomic E-state index is 12.4. The second-order valence-electron chi connectivity index (χ2n) is 5.84. The van der Waals surface area contributed by atoms with E-state index in [0.29, 0.717) is 0 Å². The summed E-state index contributed by atoms with van der Waals surface area (Å²) in [6.45, 7) is 1.94. The minimum absolute atomic E-state index is 0.180. The zero-order valence-corrected chi connectivity index (χ0v) is 12.5. The molecule has 2 aromatic rings. The Labute approximate surface area is 132 Å². The Morgan fingerprint density at radius 2 is 1.96 bits per heavy atom. The molecule has 3 N–H and O–H groups in total. The van der Waals surface area contributed by atoms with Crippen molar-refractivity contribution >= 4 is 11.9 Å². The molecular weight excluding hydrogens is 296 g/mol. The van der Waals surface area contributed by atoms with Crippen molar-refractivity contribution in [3.8, 4) is 5.75 Å². The van der Waals surface area contributed by atoms with Gasteiger partial charge in [-0.05, 0) is 30.2 Å². The molecule has 118 valence electrons. The normalized spacial score (nSPS) is 19.2. The number of aromatic nitrogens is 1. The molecule has 23 heavy (non-hydrogen) atoms. The van der Waals surface area contributed by atoms with Gasteiger partial charge in [0.25, 0.3) is 5.91 Å². The predicted molar refractivity (Wildman–Crippen MR) is 82.3 cm³/mol. The number of nitrogens with zero attached hydrogens (tertiary/aromatic N) is 1. The molecule has 1 aliphatic carbocycles. The van der Waals surface area contributed by atoms with Crippen LogP contribution in [-0.4, -0.2) is 32.6 Å². The minimum atomic E-state index is -1.42. The van der Waals surface area contributed by atoms with Crippen molar-refractivity contribution in [2.45, 2.75) is 25.3 Å². The van der Waals surface area contributed by atoms with E-state index in [2.05, 4.69) is 10.3 Å². The highest BCUT2D eigenvalue weighted by Crippen LogP contribution is 2.31. The smallest absolute Gasteiger partial charge is 0.330 e. The van der Waals surface area contributed by atoms with Gasteiger partial charge in [0.15, 0.2) is 5.69 Å². The van der Waals surface area contributed by atoms with Gasteiger partial charge in [-0.15, -0.1) is 0 Å². The van der Waals surface area contributed by atoms with E-state index in [1.807, 2.05) is 25.1 Å². The van der Waals surface area contributed by atoms with Gasteiger partial charge in [-0.1, -0.05) is 23.8 Å². The molecule has 6 nitrogen and oxygen atoms in total. The second kappa shape index (κ2) is 5.39. The van der Waals surface area contributed by atoms with E-state index < -0.39 is 17.4 Å². The molecule has 0 saturated carbocycles. The van der Waals surface area contributed by atoms with Crippen molar-refractivity contribution in [1.82, 2.24) is 10.3 Å². The van der Waals surface area contributed by atoms with E-state index in [-0.39, 0.29) is 24.3 Å². The maximum Gasteiger partial charge on any atom is 0.330 e. The largest absolute Gasteiger partial charge is 0.505 e. The molecular formula is C17H16N2O4. The van der Waals surface area contributed by atoms with Crippen molar-refractivity contribution in [2.75, 3.05) is 0 Å². The third kappa shape index (κ3) is 2.63. The Balaban J connectivity index is 1.91. The molecule has 3 rings (SSSR count). The highest BCUT2D eigenvalue weighted by molar-refractivity contribution is 5.98. The summed E-state index contributed by atoms with van der Waals surface area (Å²) in [6, 6.07) is 8.57. The molecule has 0 spiro atoms. The zero-order chi connectivity index (χ0) is 16.6. The van der Waals surface area contributed by atoms with Crippen molar-refractivity contribution in [3.05, 3.63) is 58.9 Å². The molecule has 6 heteroatoms. The lowest BCUT2D eigenvalue weighted by molar-refractivity contribution is -0.144. The van der Waals surface area contributed by atoms with Crippen LogP contribution >= 0.6 is 0 Å². The number of carboxylic acids is 1. The fourth-order valence-electron chi connectivity index (χ4n) is 2.95. The summed E-state index contributed by atoms with van der Waals surface area (Å²) >= 11 is 0. The number of hydrogen-bond donors (Lipinski definition) is 3. The van der Waals surface area contributed by atoms with E-state index in [4.69, 9.17) is 0 Å². The summed E-state index contributed by atoms with van der Waals surface area (Å²) in [4.78, 5) is 28.0. The van der Waals surface area contributed by atoms with E-state index in [9.17, 15) is 19.8 Å². The fraction of sp³-hybridized carbons (Fsp3) is 0.235. The van der Waals surface area contributed by atoms with Crippen LogP contribution in [0.25, 0.3) is 0 Å². The number of fused-ring (bicyclic) bond motifs is 1. The number of pyridine rings is 1. The average Bonchev–Trinajstić information content (AvgIpc) is 2.86. The van der Waals surface area contributed by atoms with Gasteiger partial charge in [-0.25, -0.2) is 9.78 Å². The molecule has 0 radical (unpaired) electrons. The average molecular weight is 312 g/mol. The third-order valence-corrected chi connectivity index (χ3v) is 4.11.